The molecule has 0 saturated carbocycles. The number of esters is 3. The van der Waals surface area contributed by atoms with Crippen molar-refractivity contribution in [3.63, 3.8) is 0 Å². The van der Waals surface area contributed by atoms with E-state index in [-0.39, 0.29) is 25.9 Å². The number of allylic oxidation sites excluding steroid dienone is 19. The van der Waals surface area contributed by atoms with Crippen LogP contribution in [0.15, 0.2) is 122 Å². The highest BCUT2D eigenvalue weighted by atomic mass is 31.2. The van der Waals surface area contributed by atoms with Gasteiger partial charge in [0.05, 0.1) is 26.2 Å². The van der Waals surface area contributed by atoms with Crippen molar-refractivity contribution >= 4 is 25.7 Å². The van der Waals surface area contributed by atoms with E-state index in [0.717, 1.165) is 128 Å². The average Bonchev–Trinajstić information content (AvgIpc) is 3.37. The van der Waals surface area contributed by atoms with Crippen LogP contribution in [0.25, 0.3) is 0 Å². The third-order valence-corrected chi connectivity index (χ3v) is 11.8. The maximum Gasteiger partial charge on any atom is 0.472 e. The number of ether oxygens (including phenoxy) is 3. The fourth-order valence-electron chi connectivity index (χ4n) is 6.75. The van der Waals surface area contributed by atoms with Crippen molar-refractivity contribution in [2.75, 3.05) is 26.4 Å². The number of carbonyl (C=O) groups is 3. The van der Waals surface area contributed by atoms with E-state index in [1.807, 2.05) is 18.2 Å². The average molecular weight is 1030 g/mol. The van der Waals surface area contributed by atoms with Gasteiger partial charge in [-0.15, -0.1) is 0 Å². The molecule has 0 fully saturated rings. The number of aliphatic hydroxyl groups is 1. The van der Waals surface area contributed by atoms with Gasteiger partial charge in [0.1, 0.15) is 12.7 Å². The molecule has 0 aromatic carbocycles. The van der Waals surface area contributed by atoms with Crippen molar-refractivity contribution in [3.05, 3.63) is 122 Å². The minimum absolute atomic E-state index is 0.0621. The highest BCUT2D eigenvalue weighted by molar-refractivity contribution is 7.47. The zero-order valence-corrected chi connectivity index (χ0v) is 45.7. The molecule has 0 aromatic heterocycles. The van der Waals surface area contributed by atoms with Crippen molar-refractivity contribution < 1.29 is 52.2 Å². The first-order valence-electron chi connectivity index (χ1n) is 27.4. The summed E-state index contributed by atoms with van der Waals surface area (Å²) < 4.78 is 39.3. The Bertz CT molecular complexity index is 1670. The summed E-state index contributed by atoms with van der Waals surface area (Å²) in [6.45, 7) is 4.21. The van der Waals surface area contributed by atoms with E-state index in [2.05, 4.69) is 118 Å². The van der Waals surface area contributed by atoms with Crippen molar-refractivity contribution in [1.29, 1.82) is 0 Å². The van der Waals surface area contributed by atoms with Crippen LogP contribution in [0.1, 0.15) is 201 Å². The molecule has 0 rings (SSSR count). The number of phosphoric acid groups is 1. The summed E-state index contributed by atoms with van der Waals surface area (Å²) >= 11 is 0. The first-order chi connectivity index (χ1) is 35.2. The van der Waals surface area contributed by atoms with Crippen LogP contribution in [0.3, 0.4) is 0 Å². The smallest absolute Gasteiger partial charge is 0.462 e. The van der Waals surface area contributed by atoms with Gasteiger partial charge in [-0.25, -0.2) is 4.57 Å². The van der Waals surface area contributed by atoms with Gasteiger partial charge < -0.3 is 24.2 Å². The third-order valence-electron chi connectivity index (χ3n) is 10.9. The van der Waals surface area contributed by atoms with Crippen LogP contribution in [0, 0.1) is 0 Å². The number of phosphoric ester groups is 1. The maximum atomic E-state index is 12.9. The normalized spacial score (nSPS) is 14.3. The molecule has 0 radical (unpaired) electrons. The van der Waals surface area contributed by atoms with Gasteiger partial charge in [0.25, 0.3) is 0 Å². The Labute approximate surface area is 437 Å². The van der Waals surface area contributed by atoms with E-state index >= 15 is 0 Å². The van der Waals surface area contributed by atoms with Crippen LogP contribution in [0.2, 0.25) is 0 Å². The molecule has 0 bridgehead atoms. The Morgan fingerprint density at radius 3 is 1.24 bits per heavy atom. The maximum absolute atomic E-state index is 12.9. The Hall–Kier alpha value is -4.12. The van der Waals surface area contributed by atoms with Gasteiger partial charge in [0.15, 0.2) is 6.10 Å². The largest absolute Gasteiger partial charge is 0.472 e. The highest BCUT2D eigenvalue weighted by Gasteiger charge is 2.28. The predicted molar refractivity (Wildman–Crippen MR) is 297 cm³/mol. The summed E-state index contributed by atoms with van der Waals surface area (Å²) in [4.78, 5) is 48.4. The molecule has 0 aromatic rings. The number of unbranched alkanes of at least 4 members (excludes halogenated alkanes) is 13. The topological polar surface area (TPSA) is 155 Å². The first-order valence-corrected chi connectivity index (χ1v) is 28.9. The number of hydrogen-bond acceptors (Lipinski definition) is 10. The van der Waals surface area contributed by atoms with E-state index in [1.54, 1.807) is 6.08 Å². The molecule has 3 unspecified atom stereocenters. The Morgan fingerprint density at radius 1 is 0.417 bits per heavy atom. The lowest BCUT2D eigenvalue weighted by molar-refractivity contribution is -0.161. The summed E-state index contributed by atoms with van der Waals surface area (Å²) in [5.74, 6) is -1.64. The molecule has 0 aliphatic rings. The van der Waals surface area contributed by atoms with Crippen LogP contribution in [-0.4, -0.2) is 66.5 Å². The number of hydrogen-bond donors (Lipinski definition) is 2. The predicted octanol–water partition coefficient (Wildman–Crippen LogP) is 16.0. The quantitative estimate of drug-likeness (QED) is 0.0197. The lowest BCUT2D eigenvalue weighted by Gasteiger charge is -2.21. The van der Waals surface area contributed by atoms with E-state index in [1.165, 1.54) is 12.8 Å². The molecule has 11 nitrogen and oxygen atoms in total. The first kappa shape index (κ1) is 67.9. The van der Waals surface area contributed by atoms with E-state index < -0.39 is 57.8 Å². The molecule has 0 spiro atoms. The van der Waals surface area contributed by atoms with Gasteiger partial charge in [-0.05, 0) is 103 Å². The zero-order chi connectivity index (χ0) is 52.7. The fraction of sp³-hybridized carbons (Fsp3) is 0.617. The van der Waals surface area contributed by atoms with Crippen molar-refractivity contribution in [2.45, 2.75) is 213 Å². The summed E-state index contributed by atoms with van der Waals surface area (Å²) in [5.41, 5.74) is 0. The van der Waals surface area contributed by atoms with Gasteiger partial charge >= 0.3 is 25.7 Å². The van der Waals surface area contributed by atoms with Crippen LogP contribution in [-0.2, 0) is 42.2 Å². The SMILES string of the molecule is CC/C=C\C/C=C\C/C=C\C/C=C\C/C=C\CC(=O)OC(CO)COP(=O)(O)OCC(COC(=O)CCCCCCC/C=C\CCCC)OC(=O)CCCCCCCC/C=C\C/C=C\C/C=C\C/C=C\CC. The molecule has 0 heterocycles. The van der Waals surface area contributed by atoms with Gasteiger partial charge in [0, 0.05) is 12.8 Å². The Morgan fingerprint density at radius 2 is 0.778 bits per heavy atom. The monoisotopic (exact) mass is 1020 g/mol. The Kier molecular flexibility index (Phi) is 50.1. The zero-order valence-electron chi connectivity index (χ0n) is 44.8. The van der Waals surface area contributed by atoms with E-state index in [4.69, 9.17) is 23.3 Å². The van der Waals surface area contributed by atoms with E-state index in [0.29, 0.717) is 19.3 Å². The molecule has 12 heteroatoms. The molecule has 0 saturated heterocycles. The highest BCUT2D eigenvalue weighted by Crippen LogP contribution is 2.43. The molecular formula is C60H97O11P. The third kappa shape index (κ3) is 50.8. The molecule has 2 N–H and O–H groups in total. The summed E-state index contributed by atoms with van der Waals surface area (Å²) in [7, 11) is -4.78. The van der Waals surface area contributed by atoms with Gasteiger partial charge in [0.2, 0.25) is 0 Å². The minimum Gasteiger partial charge on any atom is -0.462 e. The summed E-state index contributed by atoms with van der Waals surface area (Å²) in [6, 6.07) is 0. The van der Waals surface area contributed by atoms with Crippen LogP contribution in [0.4, 0.5) is 0 Å². The van der Waals surface area contributed by atoms with Crippen LogP contribution in [0.5, 0.6) is 0 Å². The molecule has 408 valence electrons. The number of aliphatic hydroxyl groups excluding tert-OH is 1. The molecule has 3 atom stereocenters. The van der Waals surface area contributed by atoms with Gasteiger partial charge in [-0.2, -0.15) is 0 Å². The van der Waals surface area contributed by atoms with Crippen LogP contribution < -0.4 is 0 Å². The van der Waals surface area contributed by atoms with Crippen molar-refractivity contribution in [2.24, 2.45) is 0 Å². The summed E-state index contributed by atoms with van der Waals surface area (Å²) in [5, 5.41) is 9.77. The molecule has 0 amide bonds. The molecule has 72 heavy (non-hydrogen) atoms. The molecule has 0 aliphatic heterocycles. The van der Waals surface area contributed by atoms with Gasteiger partial charge in [-0.3, -0.25) is 23.4 Å². The minimum atomic E-state index is -4.78. The lowest BCUT2D eigenvalue weighted by Crippen LogP contribution is -2.30. The Balaban J connectivity index is 4.83. The second kappa shape index (κ2) is 53.2. The van der Waals surface area contributed by atoms with Crippen LogP contribution >= 0.6 is 7.82 Å². The molecular weight excluding hydrogens is 928 g/mol. The number of carbonyl (C=O) groups excluding carboxylic acids is 3. The summed E-state index contributed by atoms with van der Waals surface area (Å²) in [6.07, 6.45) is 64.8. The van der Waals surface area contributed by atoms with Gasteiger partial charge in [-0.1, -0.05) is 200 Å². The second-order valence-electron chi connectivity index (χ2n) is 17.6. The lowest BCUT2D eigenvalue weighted by atomic mass is 10.1. The van der Waals surface area contributed by atoms with E-state index in [9.17, 15) is 28.9 Å². The second-order valence-corrected chi connectivity index (χ2v) is 19.1. The number of rotatable bonds is 49. The van der Waals surface area contributed by atoms with Crippen molar-refractivity contribution in [3.8, 4) is 0 Å². The van der Waals surface area contributed by atoms with Crippen molar-refractivity contribution in [1.82, 2.24) is 0 Å². The fourth-order valence-corrected chi connectivity index (χ4v) is 7.54. The molecule has 0 aliphatic carbocycles. The standard InChI is InChI=1S/C60H97O11P/c1-4-7-10-13-16-19-22-24-26-27-28-29-31-33-36-39-42-45-48-51-60(64)71-57(53-67-58(62)49-46-43-40-37-34-21-18-15-12-9-6-3)55-69-72(65,66)68-54-56(52-61)70-59(63)50-47-44-41-38-35-32-30-25-23-20-17-14-11-8-5-2/h7-8,10-11,15-20,24-26,28-30,35,38,44,47,56-57,61H,4-6,9,12-14,21-23,27,31-34,36-37,39-43,45-46,48-55H2,1-3H3,(H,65,66)/b10-7-,11-8-,18-15-,19-16-,20-17-,26-24-,29-28-,30-25-,38-35-,47-44-.